The zero-order valence-electron chi connectivity index (χ0n) is 10.5. The van der Waals surface area contributed by atoms with Crippen molar-refractivity contribution in [3.05, 3.63) is 21.9 Å². The molecule has 6 heteroatoms. The second-order valence-corrected chi connectivity index (χ2v) is 5.15. The summed E-state index contributed by atoms with van der Waals surface area (Å²) in [4.78, 5) is 18.4. The van der Waals surface area contributed by atoms with Crippen molar-refractivity contribution in [2.24, 2.45) is 4.99 Å². The van der Waals surface area contributed by atoms with E-state index in [4.69, 9.17) is 4.74 Å². The van der Waals surface area contributed by atoms with Gasteiger partial charge in [-0.1, -0.05) is 6.92 Å². The molecule has 1 aromatic rings. The first kappa shape index (κ1) is 13.0. The third-order valence-corrected chi connectivity index (χ3v) is 3.96. The summed E-state index contributed by atoms with van der Waals surface area (Å²) in [5, 5.41) is 5.84. The maximum Gasteiger partial charge on any atom is 0.254 e. The van der Waals surface area contributed by atoms with Crippen LogP contribution < -0.4 is 10.6 Å². The van der Waals surface area contributed by atoms with Crippen LogP contribution in [0.3, 0.4) is 0 Å². The lowest BCUT2D eigenvalue weighted by atomic mass is 10.2. The van der Waals surface area contributed by atoms with Gasteiger partial charge in [-0.25, -0.2) is 0 Å². The quantitative estimate of drug-likeness (QED) is 0.785. The normalized spacial score (nSPS) is 21.1. The van der Waals surface area contributed by atoms with Gasteiger partial charge in [0.1, 0.15) is 6.04 Å². The largest absolute Gasteiger partial charge is 0.383 e. The minimum atomic E-state index is -0.309. The molecule has 0 radical (unpaired) electrons. The van der Waals surface area contributed by atoms with Gasteiger partial charge in [-0.05, 0) is 18.6 Å². The van der Waals surface area contributed by atoms with Crippen molar-refractivity contribution in [1.29, 1.82) is 0 Å². The zero-order valence-corrected chi connectivity index (χ0v) is 11.3. The van der Waals surface area contributed by atoms with E-state index in [1.165, 1.54) is 4.88 Å². The van der Waals surface area contributed by atoms with Crippen LogP contribution in [0, 0.1) is 0 Å². The number of ether oxygens (including phenoxy) is 1. The van der Waals surface area contributed by atoms with E-state index in [2.05, 4.69) is 28.6 Å². The molecule has 1 unspecified atom stereocenters. The maximum absolute atomic E-state index is 11.8. The number of amides is 1. The molecule has 1 fully saturated rings. The predicted octanol–water partition coefficient (Wildman–Crippen LogP) is 1.07. The number of hydrogen-bond donors (Lipinski definition) is 2. The number of thiophene rings is 1. The summed E-state index contributed by atoms with van der Waals surface area (Å²) in [6.45, 7) is 3.19. The predicted molar refractivity (Wildman–Crippen MR) is 71.9 cm³/mol. The molecule has 0 spiro atoms. The van der Waals surface area contributed by atoms with Crippen LogP contribution in [0.25, 0.3) is 0 Å². The van der Waals surface area contributed by atoms with Crippen molar-refractivity contribution < 1.29 is 9.53 Å². The molecule has 1 aliphatic heterocycles. The van der Waals surface area contributed by atoms with Crippen LogP contribution >= 0.6 is 11.3 Å². The molecule has 2 heterocycles. The smallest absolute Gasteiger partial charge is 0.254 e. The summed E-state index contributed by atoms with van der Waals surface area (Å²) in [5.74, 6) is 0.490. The SMILES string of the molecule is CCc1ccc(C2NC(=NCCOC)NC2=O)s1. The molecule has 1 aliphatic rings. The molecule has 18 heavy (non-hydrogen) atoms. The Balaban J connectivity index is 2.02. The molecular formula is C12H17N3O2S. The van der Waals surface area contributed by atoms with Crippen molar-refractivity contribution in [2.75, 3.05) is 20.3 Å². The van der Waals surface area contributed by atoms with Crippen LogP contribution in [0.2, 0.25) is 0 Å². The maximum atomic E-state index is 11.8. The van der Waals surface area contributed by atoms with E-state index in [0.717, 1.165) is 11.3 Å². The first-order valence-corrected chi connectivity index (χ1v) is 6.75. The molecule has 5 nitrogen and oxygen atoms in total. The van der Waals surface area contributed by atoms with E-state index < -0.39 is 0 Å². The van der Waals surface area contributed by atoms with Crippen molar-refractivity contribution in [3.8, 4) is 0 Å². The van der Waals surface area contributed by atoms with Gasteiger partial charge in [0.05, 0.1) is 13.2 Å². The zero-order chi connectivity index (χ0) is 13.0. The molecule has 98 valence electrons. The third kappa shape index (κ3) is 2.88. The van der Waals surface area contributed by atoms with E-state index in [1.54, 1.807) is 18.4 Å². The number of aliphatic imine (C=N–C) groups is 1. The van der Waals surface area contributed by atoms with Crippen molar-refractivity contribution >= 4 is 23.2 Å². The van der Waals surface area contributed by atoms with Crippen LogP contribution in [-0.4, -0.2) is 32.1 Å². The molecule has 1 amide bonds. The molecule has 1 aromatic heterocycles. The molecule has 0 aliphatic carbocycles. The molecule has 1 atom stereocenters. The number of guanidine groups is 1. The fourth-order valence-electron chi connectivity index (χ4n) is 1.70. The van der Waals surface area contributed by atoms with Gasteiger partial charge in [0, 0.05) is 16.9 Å². The lowest BCUT2D eigenvalue weighted by Gasteiger charge is -2.04. The summed E-state index contributed by atoms with van der Waals surface area (Å²) < 4.78 is 4.91. The Kier molecular flexibility index (Phi) is 4.33. The number of hydrogen-bond acceptors (Lipinski definition) is 4. The van der Waals surface area contributed by atoms with Gasteiger partial charge in [0.2, 0.25) is 0 Å². The van der Waals surface area contributed by atoms with E-state index >= 15 is 0 Å². The fourth-order valence-corrected chi connectivity index (χ4v) is 2.70. The van der Waals surface area contributed by atoms with Crippen molar-refractivity contribution in [2.45, 2.75) is 19.4 Å². The van der Waals surface area contributed by atoms with Gasteiger partial charge in [-0.2, -0.15) is 0 Å². The third-order valence-electron chi connectivity index (χ3n) is 2.67. The lowest BCUT2D eigenvalue weighted by Crippen LogP contribution is -2.26. The van der Waals surface area contributed by atoms with Gasteiger partial charge in [-0.3, -0.25) is 15.1 Å². The number of aryl methyl sites for hydroxylation is 1. The van der Waals surface area contributed by atoms with E-state index in [9.17, 15) is 4.79 Å². The highest BCUT2D eigenvalue weighted by molar-refractivity contribution is 7.12. The minimum Gasteiger partial charge on any atom is -0.383 e. The monoisotopic (exact) mass is 267 g/mol. The average molecular weight is 267 g/mol. The Morgan fingerprint density at radius 3 is 3.00 bits per heavy atom. The molecule has 2 rings (SSSR count). The first-order valence-electron chi connectivity index (χ1n) is 5.94. The van der Waals surface area contributed by atoms with Crippen LogP contribution in [0.15, 0.2) is 17.1 Å². The second kappa shape index (κ2) is 5.97. The van der Waals surface area contributed by atoms with Gasteiger partial charge < -0.3 is 10.1 Å². The Bertz CT molecular complexity index is 456. The molecular weight excluding hydrogens is 250 g/mol. The van der Waals surface area contributed by atoms with Crippen LogP contribution in [0.4, 0.5) is 0 Å². The second-order valence-electron chi connectivity index (χ2n) is 3.95. The summed E-state index contributed by atoms with van der Waals surface area (Å²) in [6, 6.07) is 3.75. The fraction of sp³-hybridized carbons (Fsp3) is 0.500. The Hall–Kier alpha value is -1.40. The van der Waals surface area contributed by atoms with Crippen LogP contribution in [0.1, 0.15) is 22.7 Å². The average Bonchev–Trinajstić information content (AvgIpc) is 2.96. The number of nitrogens with zero attached hydrogens (tertiary/aromatic N) is 1. The van der Waals surface area contributed by atoms with Crippen LogP contribution in [0.5, 0.6) is 0 Å². The van der Waals surface area contributed by atoms with Gasteiger partial charge in [-0.15, -0.1) is 11.3 Å². The highest BCUT2D eigenvalue weighted by atomic mass is 32.1. The molecule has 0 bridgehead atoms. The van der Waals surface area contributed by atoms with Crippen molar-refractivity contribution in [1.82, 2.24) is 10.6 Å². The van der Waals surface area contributed by atoms with E-state index in [0.29, 0.717) is 19.1 Å². The number of carbonyl (C=O) groups excluding carboxylic acids is 1. The topological polar surface area (TPSA) is 62.7 Å². The Morgan fingerprint density at radius 1 is 1.50 bits per heavy atom. The summed E-state index contributed by atoms with van der Waals surface area (Å²) in [6.07, 6.45) is 0.994. The lowest BCUT2D eigenvalue weighted by molar-refractivity contribution is -0.120. The van der Waals surface area contributed by atoms with Crippen LogP contribution in [-0.2, 0) is 16.0 Å². The summed E-state index contributed by atoms with van der Waals surface area (Å²) >= 11 is 1.66. The molecule has 1 saturated heterocycles. The Morgan fingerprint density at radius 2 is 2.33 bits per heavy atom. The molecule has 2 N–H and O–H groups in total. The number of rotatable bonds is 5. The van der Waals surface area contributed by atoms with E-state index in [-0.39, 0.29) is 11.9 Å². The number of methoxy groups -OCH3 is 1. The Labute approximate surface area is 110 Å². The standard InChI is InChI=1S/C12H17N3O2S/c1-3-8-4-5-9(18-8)10-11(16)15-12(14-10)13-6-7-17-2/h4-5,10H,3,6-7H2,1-2H3,(H2,13,14,15,16). The van der Waals surface area contributed by atoms with E-state index in [1.807, 2.05) is 6.07 Å². The molecule has 0 aromatic carbocycles. The highest BCUT2D eigenvalue weighted by Gasteiger charge is 2.30. The van der Waals surface area contributed by atoms with Gasteiger partial charge in [0.25, 0.3) is 5.91 Å². The van der Waals surface area contributed by atoms with Gasteiger partial charge >= 0.3 is 0 Å². The summed E-state index contributed by atoms with van der Waals surface area (Å²) in [5.41, 5.74) is 0. The highest BCUT2D eigenvalue weighted by Crippen LogP contribution is 2.25. The number of nitrogens with one attached hydrogen (secondary N) is 2. The minimum absolute atomic E-state index is 0.0457. The van der Waals surface area contributed by atoms with Gasteiger partial charge in [0.15, 0.2) is 5.96 Å². The van der Waals surface area contributed by atoms with Crippen molar-refractivity contribution in [3.63, 3.8) is 0 Å². The summed E-state index contributed by atoms with van der Waals surface area (Å²) in [7, 11) is 1.63. The number of carbonyl (C=O) groups is 1. The first-order chi connectivity index (χ1) is 8.74. The molecule has 0 saturated carbocycles.